The van der Waals surface area contributed by atoms with E-state index in [9.17, 15) is 8.42 Å². The van der Waals surface area contributed by atoms with Crippen LogP contribution in [0.2, 0.25) is 0 Å². The van der Waals surface area contributed by atoms with E-state index in [4.69, 9.17) is 0 Å². The molecule has 0 radical (unpaired) electrons. The molecule has 0 aliphatic rings. The van der Waals surface area contributed by atoms with Gasteiger partial charge in [0.1, 0.15) is 0 Å². The van der Waals surface area contributed by atoms with Gasteiger partial charge in [-0.2, -0.15) is 0 Å². The van der Waals surface area contributed by atoms with Crippen LogP contribution in [0.5, 0.6) is 0 Å². The van der Waals surface area contributed by atoms with Gasteiger partial charge in [0, 0.05) is 18.8 Å². The summed E-state index contributed by atoms with van der Waals surface area (Å²) >= 11 is 0. The van der Waals surface area contributed by atoms with Crippen molar-refractivity contribution in [3.63, 3.8) is 0 Å². The van der Waals surface area contributed by atoms with Gasteiger partial charge in [-0.25, -0.2) is 18.1 Å². The first kappa shape index (κ1) is 18.1. The lowest BCUT2D eigenvalue weighted by atomic mass is 10.0. The lowest BCUT2D eigenvalue weighted by Gasteiger charge is -2.20. The number of nitrogens with one attached hydrogen (secondary N) is 2. The molecule has 6 heteroatoms. The second-order valence-corrected chi connectivity index (χ2v) is 7.22. The topological polar surface area (TPSA) is 71.1 Å². The Kier molecular flexibility index (Phi) is 7.28. The Morgan fingerprint density at radius 1 is 1.24 bits per heavy atom. The molecule has 0 saturated carbocycles. The molecule has 0 bridgehead atoms. The van der Waals surface area contributed by atoms with Crippen LogP contribution in [0.3, 0.4) is 0 Å². The van der Waals surface area contributed by atoms with Crippen LogP contribution in [0.1, 0.15) is 46.1 Å². The molecule has 0 aliphatic carbocycles. The molecular weight excluding hydrogens is 286 g/mol. The highest BCUT2D eigenvalue weighted by atomic mass is 32.2. The van der Waals surface area contributed by atoms with Crippen LogP contribution in [0, 0.1) is 5.92 Å². The molecule has 1 atom stereocenters. The Morgan fingerprint density at radius 3 is 2.43 bits per heavy atom. The summed E-state index contributed by atoms with van der Waals surface area (Å²) in [6, 6.07) is 3.31. The van der Waals surface area contributed by atoms with Gasteiger partial charge >= 0.3 is 0 Å². The molecule has 1 aromatic heterocycles. The third-order valence-electron chi connectivity index (χ3n) is 3.38. The predicted octanol–water partition coefficient (Wildman–Crippen LogP) is 2.29. The third kappa shape index (κ3) is 5.73. The van der Waals surface area contributed by atoms with Crippen LogP contribution in [0.15, 0.2) is 23.4 Å². The van der Waals surface area contributed by atoms with Gasteiger partial charge in [-0.3, -0.25) is 0 Å². The summed E-state index contributed by atoms with van der Waals surface area (Å²) in [5.74, 6) is 0.252. The van der Waals surface area contributed by atoms with E-state index in [2.05, 4.69) is 21.9 Å². The number of pyridine rings is 1. The van der Waals surface area contributed by atoms with Gasteiger partial charge in [0.2, 0.25) is 0 Å². The normalized spacial score (nSPS) is 13.6. The Balaban J connectivity index is 2.75. The fourth-order valence-corrected chi connectivity index (χ4v) is 3.43. The Hall–Kier alpha value is -0.980. The molecular formula is C15H27N3O2S. The van der Waals surface area contributed by atoms with E-state index in [-0.39, 0.29) is 17.0 Å². The monoisotopic (exact) mass is 313 g/mol. The van der Waals surface area contributed by atoms with Gasteiger partial charge in [-0.1, -0.05) is 33.8 Å². The van der Waals surface area contributed by atoms with Crippen molar-refractivity contribution in [2.75, 3.05) is 6.54 Å². The van der Waals surface area contributed by atoms with Gasteiger partial charge in [0.25, 0.3) is 10.0 Å². The lowest BCUT2D eigenvalue weighted by Crippen LogP contribution is -2.38. The van der Waals surface area contributed by atoms with Crippen LogP contribution in [0.4, 0.5) is 0 Å². The number of nitrogens with zero attached hydrogens (tertiary/aromatic N) is 1. The SMILES string of the molecule is CCCNCc1ccc(S(=O)(=O)NC(CC)C(C)C)nc1. The summed E-state index contributed by atoms with van der Waals surface area (Å²) in [6.07, 6.45) is 3.45. The van der Waals surface area contributed by atoms with Crippen LogP contribution in [0.25, 0.3) is 0 Å². The number of hydrogen-bond acceptors (Lipinski definition) is 4. The minimum Gasteiger partial charge on any atom is -0.313 e. The quantitative estimate of drug-likeness (QED) is 0.686. The highest BCUT2D eigenvalue weighted by molar-refractivity contribution is 7.89. The number of sulfonamides is 1. The van der Waals surface area contributed by atoms with Crippen molar-refractivity contribution in [1.82, 2.24) is 15.0 Å². The second-order valence-electron chi connectivity index (χ2n) is 5.56. The zero-order valence-corrected chi connectivity index (χ0v) is 14.2. The highest BCUT2D eigenvalue weighted by Gasteiger charge is 2.22. The van der Waals surface area contributed by atoms with E-state index in [1.165, 1.54) is 0 Å². The maximum atomic E-state index is 12.3. The summed E-state index contributed by atoms with van der Waals surface area (Å²) in [4.78, 5) is 4.09. The van der Waals surface area contributed by atoms with E-state index in [0.717, 1.165) is 24.9 Å². The third-order valence-corrected chi connectivity index (χ3v) is 4.79. The smallest absolute Gasteiger partial charge is 0.258 e. The highest BCUT2D eigenvalue weighted by Crippen LogP contribution is 2.12. The number of aromatic nitrogens is 1. The molecule has 120 valence electrons. The van der Waals surface area contributed by atoms with Crippen molar-refractivity contribution in [2.45, 2.75) is 58.1 Å². The van der Waals surface area contributed by atoms with Gasteiger partial charge in [0.05, 0.1) is 0 Å². The van der Waals surface area contributed by atoms with E-state index in [0.29, 0.717) is 6.54 Å². The largest absolute Gasteiger partial charge is 0.313 e. The molecule has 0 spiro atoms. The van der Waals surface area contributed by atoms with Gasteiger partial charge < -0.3 is 5.32 Å². The molecule has 5 nitrogen and oxygen atoms in total. The molecule has 1 unspecified atom stereocenters. The van der Waals surface area contributed by atoms with E-state index < -0.39 is 10.0 Å². The van der Waals surface area contributed by atoms with E-state index in [1.807, 2.05) is 20.8 Å². The molecule has 0 saturated heterocycles. The van der Waals surface area contributed by atoms with Crippen molar-refractivity contribution in [2.24, 2.45) is 5.92 Å². The predicted molar refractivity (Wildman–Crippen MR) is 85.5 cm³/mol. The minimum atomic E-state index is -3.54. The summed E-state index contributed by atoms with van der Waals surface area (Å²) in [6.45, 7) is 9.74. The zero-order valence-electron chi connectivity index (χ0n) is 13.4. The van der Waals surface area contributed by atoms with Crippen LogP contribution in [-0.4, -0.2) is 26.0 Å². The number of hydrogen-bond donors (Lipinski definition) is 2. The maximum Gasteiger partial charge on any atom is 0.258 e. The van der Waals surface area contributed by atoms with Crippen molar-refractivity contribution in [3.8, 4) is 0 Å². The van der Waals surface area contributed by atoms with Crippen molar-refractivity contribution in [3.05, 3.63) is 23.9 Å². The summed E-state index contributed by atoms with van der Waals surface area (Å²) in [5.41, 5.74) is 0.985. The zero-order chi connectivity index (χ0) is 15.9. The van der Waals surface area contributed by atoms with Crippen molar-refractivity contribution >= 4 is 10.0 Å². The van der Waals surface area contributed by atoms with Crippen LogP contribution >= 0.6 is 0 Å². The molecule has 0 amide bonds. The molecule has 0 fully saturated rings. The Bertz CT molecular complexity index is 512. The van der Waals surface area contributed by atoms with Gasteiger partial charge in [-0.15, -0.1) is 0 Å². The number of rotatable bonds is 9. The summed E-state index contributed by atoms with van der Waals surface area (Å²) in [7, 11) is -3.54. The average Bonchev–Trinajstić information content (AvgIpc) is 2.45. The Morgan fingerprint density at radius 2 is 1.95 bits per heavy atom. The maximum absolute atomic E-state index is 12.3. The van der Waals surface area contributed by atoms with Gasteiger partial charge in [-0.05, 0) is 36.9 Å². The standard InChI is InChI=1S/C15H27N3O2S/c1-5-9-16-10-13-7-8-15(17-11-13)21(19,20)18-14(6-2)12(3)4/h7-8,11-12,14,16,18H,5-6,9-10H2,1-4H3. The second kappa shape index (κ2) is 8.46. The van der Waals surface area contributed by atoms with Crippen LogP contribution in [-0.2, 0) is 16.6 Å². The van der Waals surface area contributed by atoms with E-state index >= 15 is 0 Å². The fourth-order valence-electron chi connectivity index (χ4n) is 2.03. The Labute approximate surface area is 128 Å². The minimum absolute atomic E-state index is 0.0669. The molecule has 1 rings (SSSR count). The van der Waals surface area contributed by atoms with Crippen molar-refractivity contribution < 1.29 is 8.42 Å². The first-order valence-electron chi connectivity index (χ1n) is 7.58. The summed E-state index contributed by atoms with van der Waals surface area (Å²) in [5, 5.41) is 3.34. The average molecular weight is 313 g/mol. The fraction of sp³-hybridized carbons (Fsp3) is 0.667. The lowest BCUT2D eigenvalue weighted by molar-refractivity contribution is 0.436. The van der Waals surface area contributed by atoms with Gasteiger partial charge in [0.15, 0.2) is 5.03 Å². The first-order valence-corrected chi connectivity index (χ1v) is 9.07. The molecule has 2 N–H and O–H groups in total. The molecule has 0 aromatic carbocycles. The molecule has 1 heterocycles. The molecule has 0 aliphatic heterocycles. The van der Waals surface area contributed by atoms with E-state index in [1.54, 1.807) is 18.3 Å². The van der Waals surface area contributed by atoms with Crippen LogP contribution < -0.4 is 10.0 Å². The first-order chi connectivity index (χ1) is 9.90. The van der Waals surface area contributed by atoms with Crippen molar-refractivity contribution in [1.29, 1.82) is 0 Å². The molecule has 1 aromatic rings. The molecule has 21 heavy (non-hydrogen) atoms. The summed E-state index contributed by atoms with van der Waals surface area (Å²) < 4.78 is 27.3.